The maximum absolute atomic E-state index is 15.3. The van der Waals surface area contributed by atoms with Crippen molar-refractivity contribution in [3.63, 3.8) is 0 Å². The molecule has 8 nitrogen and oxygen atoms in total. The highest BCUT2D eigenvalue weighted by Gasteiger charge is 2.47. The number of halogens is 4. The molecule has 1 fully saturated rings. The summed E-state index contributed by atoms with van der Waals surface area (Å²) in [6.07, 6.45) is 2.77. The molecule has 1 aromatic carbocycles. The molecular weight excluding hydrogens is 526 g/mol. The van der Waals surface area contributed by atoms with Crippen LogP contribution in [0.5, 0.6) is 5.75 Å². The summed E-state index contributed by atoms with van der Waals surface area (Å²) in [6.45, 7) is 5.59. The van der Waals surface area contributed by atoms with E-state index in [-0.39, 0.29) is 37.6 Å². The van der Waals surface area contributed by atoms with Crippen molar-refractivity contribution < 1.29 is 30.7 Å². The first-order chi connectivity index (χ1) is 18.0. The summed E-state index contributed by atoms with van der Waals surface area (Å²) < 4.78 is 90.1. The summed E-state index contributed by atoms with van der Waals surface area (Å²) >= 11 is 0. The molecular formula is C25H27F4N5O3S. The maximum atomic E-state index is 15.3. The van der Waals surface area contributed by atoms with Gasteiger partial charge in [-0.05, 0) is 38.0 Å². The number of hydrogen-bond acceptors (Lipinski definition) is 7. The van der Waals surface area contributed by atoms with E-state index in [4.69, 9.17) is 4.74 Å². The van der Waals surface area contributed by atoms with E-state index in [0.29, 0.717) is 17.7 Å². The third-order valence-corrected chi connectivity index (χ3v) is 7.98. The van der Waals surface area contributed by atoms with Crippen LogP contribution in [-0.4, -0.2) is 54.4 Å². The average molecular weight is 554 g/mol. The second-order valence-corrected chi connectivity index (χ2v) is 10.6. The van der Waals surface area contributed by atoms with E-state index in [1.165, 1.54) is 18.5 Å². The Labute approximate surface area is 218 Å². The average Bonchev–Trinajstić information content (AvgIpc) is 2.87. The summed E-state index contributed by atoms with van der Waals surface area (Å²) in [7, 11) is -4.36. The fraction of sp³-hybridized carbons (Fsp3) is 0.400. The lowest BCUT2D eigenvalue weighted by Gasteiger charge is -2.45. The highest BCUT2D eigenvalue weighted by Crippen LogP contribution is 2.44. The summed E-state index contributed by atoms with van der Waals surface area (Å²) in [4.78, 5) is 13.0. The Balaban J connectivity index is 1.71. The largest absolute Gasteiger partial charge is 0.493 e. The predicted octanol–water partition coefficient (Wildman–Crippen LogP) is 5.04. The Hall–Kier alpha value is -3.32. The van der Waals surface area contributed by atoms with Crippen molar-refractivity contribution >= 4 is 21.6 Å². The minimum Gasteiger partial charge on any atom is -0.493 e. The number of anilines is 1. The standard InChI is InChI=1S/C25H27F4N5O3S/c1-3-5-19(31-4-2)21-12-16(25(27,28)29)7-10-34(21)20-8-11-37-22-14-23(18(26)13-17(20)22)38(35,36)33-24-6-9-30-15-32-24/h3-6,9,13-16,20-21H,2,7-8,10-12H2,1H3,(H,30,32,33)/b5-3-,31-19?/t16-,20?,21+/m1/s1. The summed E-state index contributed by atoms with van der Waals surface area (Å²) in [6, 6.07) is 2.27. The Bertz CT molecular complexity index is 1330. The van der Waals surface area contributed by atoms with Crippen LogP contribution >= 0.6 is 0 Å². The number of likely N-dealkylation sites (tertiary alicyclic amines) is 1. The van der Waals surface area contributed by atoms with Crippen molar-refractivity contribution in [1.82, 2.24) is 14.9 Å². The molecule has 0 amide bonds. The zero-order chi connectivity index (χ0) is 27.5. The number of alkyl halides is 3. The number of hydrogen-bond donors (Lipinski definition) is 1. The molecule has 1 aromatic heterocycles. The van der Waals surface area contributed by atoms with Crippen LogP contribution in [0.3, 0.4) is 0 Å². The van der Waals surface area contributed by atoms with Gasteiger partial charge in [0.15, 0.2) is 0 Å². The highest BCUT2D eigenvalue weighted by molar-refractivity contribution is 7.92. The number of benzene rings is 1. The van der Waals surface area contributed by atoms with Crippen molar-refractivity contribution in [2.45, 2.75) is 49.3 Å². The molecule has 0 aliphatic carbocycles. The first-order valence-corrected chi connectivity index (χ1v) is 13.4. The molecule has 2 aliphatic rings. The quantitative estimate of drug-likeness (QED) is 0.381. The van der Waals surface area contributed by atoms with Crippen molar-refractivity contribution in [3.05, 3.63) is 67.0 Å². The van der Waals surface area contributed by atoms with Crippen molar-refractivity contribution in [2.24, 2.45) is 10.9 Å². The van der Waals surface area contributed by atoms with Crippen LogP contribution in [-0.2, 0) is 10.0 Å². The lowest BCUT2D eigenvalue weighted by atomic mass is 9.84. The van der Waals surface area contributed by atoms with Gasteiger partial charge in [0.2, 0.25) is 0 Å². The van der Waals surface area contributed by atoms with Crippen molar-refractivity contribution in [3.8, 4) is 5.75 Å². The normalized spacial score (nSPS) is 23.1. The third kappa shape index (κ3) is 5.88. The zero-order valence-corrected chi connectivity index (χ0v) is 21.3. The summed E-state index contributed by atoms with van der Waals surface area (Å²) in [5.41, 5.74) is 0.779. The Morgan fingerprint density at radius 2 is 2.11 bits per heavy atom. The maximum Gasteiger partial charge on any atom is 0.391 e. The highest BCUT2D eigenvalue weighted by atomic mass is 32.2. The molecule has 0 saturated carbocycles. The van der Waals surface area contributed by atoms with E-state index in [9.17, 15) is 21.6 Å². The summed E-state index contributed by atoms with van der Waals surface area (Å²) in [5, 5.41) is 0. The van der Waals surface area contributed by atoms with E-state index in [2.05, 4.69) is 26.3 Å². The fourth-order valence-electron chi connectivity index (χ4n) is 4.93. The second-order valence-electron chi connectivity index (χ2n) is 8.93. The van der Waals surface area contributed by atoms with Gasteiger partial charge in [0.05, 0.1) is 24.3 Å². The van der Waals surface area contributed by atoms with Gasteiger partial charge in [0.25, 0.3) is 10.0 Å². The number of aliphatic imine (C=N–C) groups is 1. The Morgan fingerprint density at radius 1 is 1.32 bits per heavy atom. The van der Waals surface area contributed by atoms with E-state index >= 15 is 4.39 Å². The Kier molecular flexibility index (Phi) is 8.16. The van der Waals surface area contributed by atoms with Gasteiger partial charge in [-0.25, -0.2) is 22.8 Å². The van der Waals surface area contributed by atoms with Crippen LogP contribution in [0.4, 0.5) is 23.4 Å². The molecule has 2 aliphatic heterocycles. The van der Waals surface area contributed by atoms with E-state index in [0.717, 1.165) is 18.5 Å². The zero-order valence-electron chi connectivity index (χ0n) is 20.5. The van der Waals surface area contributed by atoms with Crippen molar-refractivity contribution in [1.29, 1.82) is 0 Å². The van der Waals surface area contributed by atoms with Gasteiger partial charge in [-0.2, -0.15) is 13.2 Å². The number of nitrogens with one attached hydrogen (secondary N) is 1. The van der Waals surface area contributed by atoms with Gasteiger partial charge in [0.1, 0.15) is 28.6 Å². The van der Waals surface area contributed by atoms with Crippen LogP contribution in [0.2, 0.25) is 0 Å². The van der Waals surface area contributed by atoms with Gasteiger partial charge in [0, 0.05) is 43.0 Å². The molecule has 3 heterocycles. The molecule has 1 N–H and O–H groups in total. The minimum absolute atomic E-state index is 0.0377. The van der Waals surface area contributed by atoms with Gasteiger partial charge in [-0.1, -0.05) is 12.7 Å². The van der Waals surface area contributed by atoms with Gasteiger partial charge in [-0.3, -0.25) is 14.6 Å². The van der Waals surface area contributed by atoms with Gasteiger partial charge < -0.3 is 4.74 Å². The molecule has 13 heteroatoms. The fourth-order valence-corrected chi connectivity index (χ4v) is 6.01. The molecule has 1 unspecified atom stereocenters. The first-order valence-electron chi connectivity index (χ1n) is 11.9. The molecule has 38 heavy (non-hydrogen) atoms. The smallest absolute Gasteiger partial charge is 0.391 e. The van der Waals surface area contributed by atoms with Crippen LogP contribution in [0, 0.1) is 11.7 Å². The lowest BCUT2D eigenvalue weighted by Crippen LogP contribution is -2.51. The number of nitrogens with zero attached hydrogens (tertiary/aromatic N) is 4. The number of ether oxygens (including phenoxy) is 1. The number of piperidine rings is 1. The lowest BCUT2D eigenvalue weighted by molar-refractivity contribution is -0.189. The van der Waals surface area contributed by atoms with E-state index in [1.807, 2.05) is 4.90 Å². The number of rotatable bonds is 7. The summed E-state index contributed by atoms with van der Waals surface area (Å²) in [5.74, 6) is -2.42. The number of sulfonamides is 1. The molecule has 2 aromatic rings. The molecule has 1 saturated heterocycles. The van der Waals surface area contributed by atoms with Crippen LogP contribution < -0.4 is 9.46 Å². The van der Waals surface area contributed by atoms with E-state index in [1.54, 1.807) is 19.1 Å². The molecule has 0 bridgehead atoms. The van der Waals surface area contributed by atoms with E-state index < -0.39 is 44.9 Å². The number of allylic oxidation sites excluding steroid dienone is 1. The molecule has 0 spiro atoms. The molecule has 3 atom stereocenters. The van der Waals surface area contributed by atoms with Crippen molar-refractivity contribution in [2.75, 3.05) is 17.9 Å². The minimum atomic E-state index is -4.36. The topological polar surface area (TPSA) is 96.8 Å². The predicted molar refractivity (Wildman–Crippen MR) is 134 cm³/mol. The molecule has 0 radical (unpaired) electrons. The molecule has 204 valence electrons. The van der Waals surface area contributed by atoms with Crippen LogP contribution in [0.15, 0.2) is 65.5 Å². The van der Waals surface area contributed by atoms with Gasteiger partial charge in [-0.15, -0.1) is 0 Å². The molecule has 4 rings (SSSR count). The van der Waals surface area contributed by atoms with Gasteiger partial charge >= 0.3 is 6.18 Å². The first kappa shape index (κ1) is 27.7. The monoisotopic (exact) mass is 553 g/mol. The number of fused-ring (bicyclic) bond motifs is 1. The van der Waals surface area contributed by atoms with Crippen LogP contribution in [0.25, 0.3) is 0 Å². The van der Waals surface area contributed by atoms with Crippen LogP contribution in [0.1, 0.15) is 37.8 Å². The second kappa shape index (κ2) is 11.2. The Morgan fingerprint density at radius 3 is 2.76 bits per heavy atom. The SMILES string of the molecule is C=CN=C(/C=C\C)[C@@H]1C[C@H](C(F)(F)F)CCN1C1CCOc2cc(S(=O)(=O)Nc3ccncn3)c(F)cc21. The third-order valence-electron chi connectivity index (χ3n) is 6.61. The number of aromatic nitrogens is 2.